The molecule has 100 valence electrons. The Kier molecular flexibility index (Phi) is 5.86. The minimum atomic E-state index is -0.0591. The second-order valence-electron chi connectivity index (χ2n) is 4.80. The lowest BCUT2D eigenvalue weighted by Gasteiger charge is -2.18. The van der Waals surface area contributed by atoms with E-state index in [1.54, 1.807) is 0 Å². The van der Waals surface area contributed by atoms with Crippen LogP contribution >= 0.6 is 0 Å². The zero-order valence-corrected chi connectivity index (χ0v) is 11.7. The molecule has 3 heteroatoms. The molecule has 0 radical (unpaired) electrons. The van der Waals surface area contributed by atoms with Crippen molar-refractivity contribution >= 4 is 5.91 Å². The van der Waals surface area contributed by atoms with E-state index in [1.165, 1.54) is 5.56 Å². The minimum Gasteiger partial charge on any atom is -0.369 e. The Labute approximate surface area is 110 Å². The van der Waals surface area contributed by atoms with E-state index in [1.807, 2.05) is 13.8 Å². The minimum absolute atomic E-state index is 0.0591. The molecule has 1 rings (SSSR count). The van der Waals surface area contributed by atoms with Gasteiger partial charge < -0.3 is 10.1 Å². The Bertz CT molecular complexity index is 371. The highest BCUT2D eigenvalue weighted by atomic mass is 16.5. The number of hydrogen-bond acceptors (Lipinski definition) is 2. The van der Waals surface area contributed by atoms with Crippen LogP contribution in [0.4, 0.5) is 0 Å². The summed E-state index contributed by atoms with van der Waals surface area (Å²) in [5, 5.41) is 2.99. The van der Waals surface area contributed by atoms with E-state index in [9.17, 15) is 4.79 Å². The molecule has 1 amide bonds. The van der Waals surface area contributed by atoms with Gasteiger partial charge in [-0.15, -0.1) is 0 Å². The second-order valence-corrected chi connectivity index (χ2v) is 4.80. The molecule has 1 N–H and O–H groups in total. The van der Waals surface area contributed by atoms with Crippen molar-refractivity contribution in [2.75, 3.05) is 6.61 Å². The van der Waals surface area contributed by atoms with Gasteiger partial charge in [0.1, 0.15) is 6.61 Å². The average molecular weight is 249 g/mol. The van der Waals surface area contributed by atoms with E-state index < -0.39 is 0 Å². The number of carbonyl (C=O) groups excluding carboxylic acids is 1. The SMILES string of the molecule is CCC(NC(=O)COC(C)C)c1ccc(C)cc1. The molecule has 0 heterocycles. The summed E-state index contributed by atoms with van der Waals surface area (Å²) in [6.07, 6.45) is 0.950. The molecule has 0 aliphatic heterocycles. The summed E-state index contributed by atoms with van der Waals surface area (Å²) in [6, 6.07) is 8.32. The summed E-state index contributed by atoms with van der Waals surface area (Å²) < 4.78 is 5.29. The maximum absolute atomic E-state index is 11.7. The van der Waals surface area contributed by atoms with Crippen molar-refractivity contribution in [2.45, 2.75) is 46.3 Å². The standard InChI is InChI=1S/C15H23NO2/c1-5-14(13-8-6-12(4)7-9-13)16-15(17)10-18-11(2)3/h6-9,11,14H,5,10H2,1-4H3,(H,16,17). The lowest BCUT2D eigenvalue weighted by Crippen LogP contribution is -2.32. The first-order valence-electron chi connectivity index (χ1n) is 6.50. The number of benzene rings is 1. The predicted octanol–water partition coefficient (Wildman–Crippen LogP) is 2.99. The maximum Gasteiger partial charge on any atom is 0.246 e. The van der Waals surface area contributed by atoms with Gasteiger partial charge in [0.05, 0.1) is 12.1 Å². The van der Waals surface area contributed by atoms with Gasteiger partial charge in [-0.2, -0.15) is 0 Å². The topological polar surface area (TPSA) is 38.3 Å². The van der Waals surface area contributed by atoms with E-state index in [4.69, 9.17) is 4.74 Å². The third-order valence-electron chi connectivity index (χ3n) is 2.77. The second kappa shape index (κ2) is 7.17. The monoisotopic (exact) mass is 249 g/mol. The van der Waals surface area contributed by atoms with Gasteiger partial charge in [0.15, 0.2) is 0 Å². The Morgan fingerprint density at radius 3 is 2.39 bits per heavy atom. The lowest BCUT2D eigenvalue weighted by molar-refractivity contribution is -0.127. The van der Waals surface area contributed by atoms with Crippen LogP contribution < -0.4 is 5.32 Å². The van der Waals surface area contributed by atoms with Crippen LogP contribution in [-0.2, 0) is 9.53 Å². The molecule has 0 saturated carbocycles. The van der Waals surface area contributed by atoms with Crippen molar-refractivity contribution in [1.29, 1.82) is 0 Å². The summed E-state index contributed by atoms with van der Waals surface area (Å²) in [5.41, 5.74) is 2.36. The van der Waals surface area contributed by atoms with Crippen molar-refractivity contribution in [3.63, 3.8) is 0 Å². The Morgan fingerprint density at radius 1 is 1.28 bits per heavy atom. The molecule has 1 aromatic carbocycles. The molecule has 1 aromatic rings. The maximum atomic E-state index is 11.7. The number of rotatable bonds is 6. The molecular formula is C15H23NO2. The zero-order valence-electron chi connectivity index (χ0n) is 11.7. The fourth-order valence-corrected chi connectivity index (χ4v) is 1.70. The molecule has 0 aliphatic rings. The van der Waals surface area contributed by atoms with Gasteiger partial charge >= 0.3 is 0 Å². The molecule has 1 unspecified atom stereocenters. The number of hydrogen-bond donors (Lipinski definition) is 1. The Morgan fingerprint density at radius 2 is 1.89 bits per heavy atom. The molecule has 0 aliphatic carbocycles. The average Bonchev–Trinajstić information content (AvgIpc) is 2.34. The van der Waals surface area contributed by atoms with Gasteiger partial charge in [-0.25, -0.2) is 0 Å². The van der Waals surface area contributed by atoms with E-state index >= 15 is 0 Å². The molecule has 0 saturated heterocycles. The molecule has 0 fully saturated rings. The fraction of sp³-hybridized carbons (Fsp3) is 0.533. The molecule has 1 atom stereocenters. The van der Waals surface area contributed by atoms with Crippen molar-refractivity contribution in [2.24, 2.45) is 0 Å². The molecular weight excluding hydrogens is 226 g/mol. The molecule has 3 nitrogen and oxygen atoms in total. The van der Waals surface area contributed by atoms with Gasteiger partial charge in [0, 0.05) is 0 Å². The predicted molar refractivity (Wildman–Crippen MR) is 73.4 cm³/mol. The number of carbonyl (C=O) groups is 1. The third kappa shape index (κ3) is 4.88. The van der Waals surface area contributed by atoms with Crippen LogP contribution in [0.3, 0.4) is 0 Å². The first-order chi connectivity index (χ1) is 8.52. The van der Waals surface area contributed by atoms with E-state index in [2.05, 4.69) is 43.4 Å². The van der Waals surface area contributed by atoms with E-state index in [-0.39, 0.29) is 24.7 Å². The van der Waals surface area contributed by atoms with Crippen molar-refractivity contribution in [1.82, 2.24) is 5.32 Å². The van der Waals surface area contributed by atoms with E-state index in [0.717, 1.165) is 12.0 Å². The first-order valence-corrected chi connectivity index (χ1v) is 6.50. The highest BCUT2D eigenvalue weighted by molar-refractivity contribution is 5.77. The summed E-state index contributed by atoms with van der Waals surface area (Å²) >= 11 is 0. The van der Waals surface area contributed by atoms with Crippen molar-refractivity contribution < 1.29 is 9.53 Å². The van der Waals surface area contributed by atoms with Crippen LogP contribution in [0.5, 0.6) is 0 Å². The number of ether oxygens (including phenoxy) is 1. The summed E-state index contributed by atoms with van der Waals surface area (Å²) in [5.74, 6) is -0.0591. The van der Waals surface area contributed by atoms with Crippen LogP contribution in [0.2, 0.25) is 0 Å². The van der Waals surface area contributed by atoms with Gasteiger partial charge in [-0.05, 0) is 32.8 Å². The third-order valence-corrected chi connectivity index (χ3v) is 2.77. The van der Waals surface area contributed by atoms with E-state index in [0.29, 0.717) is 0 Å². The number of aryl methyl sites for hydroxylation is 1. The smallest absolute Gasteiger partial charge is 0.246 e. The number of amides is 1. The molecule has 18 heavy (non-hydrogen) atoms. The van der Waals surface area contributed by atoms with Crippen molar-refractivity contribution in [3.8, 4) is 0 Å². The van der Waals surface area contributed by atoms with Crippen LogP contribution in [0.25, 0.3) is 0 Å². The van der Waals surface area contributed by atoms with Crippen LogP contribution in [-0.4, -0.2) is 18.6 Å². The molecule has 0 bridgehead atoms. The Balaban J connectivity index is 2.56. The fourth-order valence-electron chi connectivity index (χ4n) is 1.70. The first kappa shape index (κ1) is 14.7. The number of nitrogens with one attached hydrogen (secondary N) is 1. The van der Waals surface area contributed by atoms with Crippen LogP contribution in [0, 0.1) is 6.92 Å². The van der Waals surface area contributed by atoms with Gasteiger partial charge in [-0.3, -0.25) is 4.79 Å². The van der Waals surface area contributed by atoms with Gasteiger partial charge in [0.2, 0.25) is 5.91 Å². The molecule has 0 spiro atoms. The highest BCUT2D eigenvalue weighted by Gasteiger charge is 2.12. The summed E-state index contributed by atoms with van der Waals surface area (Å²) in [7, 11) is 0. The summed E-state index contributed by atoms with van der Waals surface area (Å²) in [6.45, 7) is 8.09. The largest absolute Gasteiger partial charge is 0.369 e. The van der Waals surface area contributed by atoms with Crippen molar-refractivity contribution in [3.05, 3.63) is 35.4 Å². The van der Waals surface area contributed by atoms with Crippen LogP contribution in [0.1, 0.15) is 44.4 Å². The highest BCUT2D eigenvalue weighted by Crippen LogP contribution is 2.16. The quantitative estimate of drug-likeness (QED) is 0.841. The zero-order chi connectivity index (χ0) is 13.5. The summed E-state index contributed by atoms with van der Waals surface area (Å²) in [4.78, 5) is 11.7. The Hall–Kier alpha value is -1.35. The van der Waals surface area contributed by atoms with Gasteiger partial charge in [-0.1, -0.05) is 36.8 Å². The van der Waals surface area contributed by atoms with Gasteiger partial charge in [0.25, 0.3) is 0 Å². The lowest BCUT2D eigenvalue weighted by atomic mass is 10.0. The molecule has 0 aromatic heterocycles. The van der Waals surface area contributed by atoms with Crippen LogP contribution in [0.15, 0.2) is 24.3 Å². The normalized spacial score (nSPS) is 12.5.